The van der Waals surface area contributed by atoms with Crippen molar-refractivity contribution < 1.29 is 14.7 Å². The van der Waals surface area contributed by atoms with Crippen LogP contribution in [0.4, 0.5) is 0 Å². The molecule has 2 aromatic rings. The number of aromatic nitrogens is 4. The summed E-state index contributed by atoms with van der Waals surface area (Å²) in [5.74, 6) is -0.963. The Hall–Kier alpha value is -2.29. The average molecular weight is 333 g/mol. The van der Waals surface area contributed by atoms with Gasteiger partial charge >= 0.3 is 5.97 Å². The first-order valence-corrected chi connectivity index (χ1v) is 8.32. The smallest absolute Gasteiger partial charge is 0.307 e. The molecule has 0 bridgehead atoms. The highest BCUT2D eigenvalue weighted by molar-refractivity contribution is 7.12. The summed E-state index contributed by atoms with van der Waals surface area (Å²) in [5.41, 5.74) is 0.608. The van der Waals surface area contributed by atoms with Crippen molar-refractivity contribution in [2.75, 3.05) is 13.1 Å². The zero-order valence-electron chi connectivity index (χ0n) is 12.3. The van der Waals surface area contributed by atoms with Crippen molar-refractivity contribution >= 4 is 23.2 Å². The van der Waals surface area contributed by atoms with Gasteiger partial charge in [0, 0.05) is 13.1 Å². The summed E-state index contributed by atoms with van der Waals surface area (Å²) in [6.45, 7) is 1.21. The van der Waals surface area contributed by atoms with E-state index in [0.29, 0.717) is 23.7 Å². The molecule has 1 N–H and O–H groups in total. The standard InChI is InChI=1S/C14H15N5O3S/c20-12(11-10(1-6-23-11)19-8-15-16-17-19)18-4-2-14(3-5-18)7-9(14)13(21)22/h1,6,8-9H,2-5,7H2,(H,21,22). The minimum Gasteiger partial charge on any atom is -0.481 e. The van der Waals surface area contributed by atoms with Crippen molar-refractivity contribution in [3.8, 4) is 5.69 Å². The Balaban J connectivity index is 1.48. The van der Waals surface area contributed by atoms with Gasteiger partial charge in [0.1, 0.15) is 11.2 Å². The number of carbonyl (C=O) groups excluding carboxylic acids is 1. The molecule has 1 aliphatic heterocycles. The van der Waals surface area contributed by atoms with E-state index in [1.807, 2.05) is 16.3 Å². The van der Waals surface area contributed by atoms with Gasteiger partial charge in [-0.3, -0.25) is 9.59 Å². The lowest BCUT2D eigenvalue weighted by molar-refractivity contribution is -0.139. The summed E-state index contributed by atoms with van der Waals surface area (Å²) < 4.78 is 1.48. The Bertz CT molecular complexity index is 748. The number of tetrazole rings is 1. The van der Waals surface area contributed by atoms with Crippen molar-refractivity contribution in [3.63, 3.8) is 0 Å². The fraction of sp³-hybridized carbons (Fsp3) is 0.500. The lowest BCUT2D eigenvalue weighted by Crippen LogP contribution is -2.40. The molecule has 1 saturated heterocycles. The van der Waals surface area contributed by atoms with Crippen LogP contribution in [-0.4, -0.2) is 55.2 Å². The summed E-state index contributed by atoms with van der Waals surface area (Å²) in [6.07, 6.45) is 3.74. The van der Waals surface area contributed by atoms with Crippen LogP contribution in [0.15, 0.2) is 17.8 Å². The molecule has 1 spiro atoms. The van der Waals surface area contributed by atoms with Crippen LogP contribution in [0, 0.1) is 11.3 Å². The predicted octanol–water partition coefficient (Wildman–Crippen LogP) is 1.05. The lowest BCUT2D eigenvalue weighted by atomic mass is 9.90. The van der Waals surface area contributed by atoms with Gasteiger partial charge in [-0.25, -0.2) is 0 Å². The molecule has 2 aromatic heterocycles. The highest BCUT2D eigenvalue weighted by Crippen LogP contribution is 2.59. The zero-order valence-corrected chi connectivity index (χ0v) is 13.1. The molecule has 120 valence electrons. The number of piperidine rings is 1. The van der Waals surface area contributed by atoms with Crippen molar-refractivity contribution in [2.24, 2.45) is 11.3 Å². The maximum atomic E-state index is 12.8. The third kappa shape index (κ3) is 2.31. The highest BCUT2D eigenvalue weighted by Gasteiger charge is 2.59. The quantitative estimate of drug-likeness (QED) is 0.901. The molecule has 2 fully saturated rings. The SMILES string of the molecule is O=C(O)C1CC12CCN(C(=O)c1sccc1-n1cnnn1)CC2. The maximum Gasteiger partial charge on any atom is 0.307 e. The molecule has 3 heterocycles. The van der Waals surface area contributed by atoms with Gasteiger partial charge in [-0.1, -0.05) is 0 Å². The minimum absolute atomic E-state index is 0.0344. The number of likely N-dealkylation sites (tertiary alicyclic amines) is 1. The van der Waals surface area contributed by atoms with E-state index in [9.17, 15) is 9.59 Å². The number of aliphatic carboxylic acids is 1. The first-order chi connectivity index (χ1) is 11.1. The number of hydrogen-bond donors (Lipinski definition) is 1. The van der Waals surface area contributed by atoms with Gasteiger partial charge in [0.05, 0.1) is 11.6 Å². The fourth-order valence-corrected chi connectivity index (χ4v) is 4.31. The molecule has 1 amide bonds. The first-order valence-electron chi connectivity index (χ1n) is 7.44. The Morgan fingerprint density at radius 1 is 1.35 bits per heavy atom. The van der Waals surface area contributed by atoms with Crippen molar-refractivity contribution in [1.29, 1.82) is 0 Å². The summed E-state index contributed by atoms with van der Waals surface area (Å²) in [7, 11) is 0. The van der Waals surface area contributed by atoms with E-state index < -0.39 is 5.97 Å². The number of rotatable bonds is 3. The van der Waals surface area contributed by atoms with Crippen molar-refractivity contribution in [2.45, 2.75) is 19.3 Å². The van der Waals surface area contributed by atoms with Crippen molar-refractivity contribution in [3.05, 3.63) is 22.7 Å². The minimum atomic E-state index is -0.705. The molecule has 0 aromatic carbocycles. The van der Waals surface area contributed by atoms with Crippen LogP contribution >= 0.6 is 11.3 Å². The fourth-order valence-electron chi connectivity index (χ4n) is 3.46. The number of carboxylic acids is 1. The molecule has 0 radical (unpaired) electrons. The summed E-state index contributed by atoms with van der Waals surface area (Å²) >= 11 is 1.37. The number of amides is 1. The Morgan fingerprint density at radius 3 is 2.74 bits per heavy atom. The van der Waals surface area contributed by atoms with Gasteiger partial charge in [0.25, 0.3) is 5.91 Å². The molecular formula is C14H15N5O3S. The third-order valence-electron chi connectivity index (χ3n) is 4.97. The zero-order chi connectivity index (χ0) is 16.0. The molecule has 8 nitrogen and oxygen atoms in total. The van der Waals surface area contributed by atoms with E-state index in [2.05, 4.69) is 15.5 Å². The van der Waals surface area contributed by atoms with Crippen LogP contribution < -0.4 is 0 Å². The van der Waals surface area contributed by atoms with Crippen molar-refractivity contribution in [1.82, 2.24) is 25.1 Å². The van der Waals surface area contributed by atoms with Gasteiger partial charge in [-0.05, 0) is 46.6 Å². The number of carbonyl (C=O) groups is 2. The summed E-state index contributed by atoms with van der Waals surface area (Å²) in [5, 5.41) is 22.0. The average Bonchev–Trinajstić information content (AvgIpc) is 2.97. The molecule has 1 aliphatic carbocycles. The highest BCUT2D eigenvalue weighted by atomic mass is 32.1. The normalized spacial score (nSPS) is 22.3. The van der Waals surface area contributed by atoms with Gasteiger partial charge in [-0.2, -0.15) is 4.68 Å². The molecule has 1 unspecified atom stereocenters. The number of carboxylic acid groups (broad SMARTS) is 1. The van der Waals surface area contributed by atoms with E-state index in [1.54, 1.807) is 0 Å². The van der Waals surface area contributed by atoms with Crippen LogP contribution in [-0.2, 0) is 4.79 Å². The topological polar surface area (TPSA) is 101 Å². The van der Waals surface area contributed by atoms with E-state index >= 15 is 0 Å². The molecule has 2 aliphatic rings. The lowest BCUT2D eigenvalue weighted by Gasteiger charge is -2.32. The third-order valence-corrected chi connectivity index (χ3v) is 5.86. The number of hydrogen-bond acceptors (Lipinski definition) is 6. The van der Waals surface area contributed by atoms with Gasteiger partial charge in [-0.15, -0.1) is 16.4 Å². The number of thiophene rings is 1. The van der Waals surface area contributed by atoms with Crippen LogP contribution in [0.25, 0.3) is 5.69 Å². The first kappa shape index (κ1) is 14.3. The van der Waals surface area contributed by atoms with Gasteiger partial charge in [0.15, 0.2) is 0 Å². The molecule has 9 heteroatoms. The van der Waals surface area contributed by atoms with E-state index in [4.69, 9.17) is 5.11 Å². The number of nitrogens with zero attached hydrogens (tertiary/aromatic N) is 5. The predicted molar refractivity (Wildman–Crippen MR) is 80.3 cm³/mol. The second-order valence-electron chi connectivity index (χ2n) is 6.14. The Morgan fingerprint density at radius 2 is 2.13 bits per heavy atom. The molecule has 4 rings (SSSR count). The molecule has 1 saturated carbocycles. The molecule has 1 atom stereocenters. The van der Waals surface area contributed by atoms with Crippen LogP contribution in [0.1, 0.15) is 28.9 Å². The summed E-state index contributed by atoms with van der Waals surface area (Å²) in [4.78, 5) is 26.3. The van der Waals surface area contributed by atoms with E-state index in [0.717, 1.165) is 19.3 Å². The maximum absolute atomic E-state index is 12.8. The van der Waals surface area contributed by atoms with E-state index in [-0.39, 0.29) is 17.2 Å². The Kier molecular flexibility index (Phi) is 3.19. The second-order valence-corrected chi connectivity index (χ2v) is 7.05. The van der Waals surface area contributed by atoms with Crippen LogP contribution in [0.3, 0.4) is 0 Å². The summed E-state index contributed by atoms with van der Waals surface area (Å²) in [6, 6.07) is 1.82. The monoisotopic (exact) mass is 333 g/mol. The Labute approximate surface area is 135 Å². The second kappa shape index (κ2) is 5.12. The van der Waals surface area contributed by atoms with Crippen LogP contribution in [0.5, 0.6) is 0 Å². The van der Waals surface area contributed by atoms with Gasteiger partial charge in [0.2, 0.25) is 0 Å². The van der Waals surface area contributed by atoms with Gasteiger partial charge < -0.3 is 10.0 Å². The largest absolute Gasteiger partial charge is 0.481 e. The molecule has 23 heavy (non-hydrogen) atoms. The van der Waals surface area contributed by atoms with Crippen LogP contribution in [0.2, 0.25) is 0 Å². The molecular weight excluding hydrogens is 318 g/mol. The van der Waals surface area contributed by atoms with E-state index in [1.165, 1.54) is 22.3 Å².